The molecule has 0 saturated heterocycles. The summed E-state index contributed by atoms with van der Waals surface area (Å²) in [7, 11) is -0.972. The number of rotatable bonds is 1. The predicted octanol–water partition coefficient (Wildman–Crippen LogP) is 1.99. The lowest BCUT2D eigenvalue weighted by Gasteiger charge is -2.20. The monoisotopic (exact) mass is 277 g/mol. The third-order valence-corrected chi connectivity index (χ3v) is 3.02. The van der Waals surface area contributed by atoms with Crippen LogP contribution in [0, 0.1) is 0 Å². The number of carbonyl (C=O) groups excluding carboxylic acids is 1. The molecule has 1 amide bonds. The summed E-state index contributed by atoms with van der Waals surface area (Å²) in [5.74, 6) is 0. The van der Waals surface area contributed by atoms with Crippen molar-refractivity contribution in [3.8, 4) is 0 Å². The van der Waals surface area contributed by atoms with Gasteiger partial charge >= 0.3 is 13.2 Å². The van der Waals surface area contributed by atoms with Gasteiger partial charge in [-0.25, -0.2) is 4.79 Å². The highest BCUT2D eigenvalue weighted by atomic mass is 16.6. The molecule has 2 N–H and O–H groups in total. The number of hydrogen-bond donors (Lipinski definition) is 2. The third-order valence-electron chi connectivity index (χ3n) is 3.02. The fourth-order valence-corrected chi connectivity index (χ4v) is 2.22. The molecule has 108 valence electrons. The topological polar surface area (TPSA) is 67.8 Å². The summed E-state index contributed by atoms with van der Waals surface area (Å²) in [4.78, 5) is 11.7. The van der Waals surface area contributed by atoms with E-state index >= 15 is 0 Å². The number of nitrogens with one attached hydrogen (secondary N) is 1. The van der Waals surface area contributed by atoms with E-state index in [2.05, 4.69) is 5.32 Å². The van der Waals surface area contributed by atoms with Crippen LogP contribution in [0.15, 0.2) is 18.2 Å². The van der Waals surface area contributed by atoms with E-state index in [1.165, 1.54) is 0 Å². The van der Waals surface area contributed by atoms with E-state index in [-0.39, 0.29) is 0 Å². The molecule has 2 rings (SSSR count). The van der Waals surface area contributed by atoms with Crippen LogP contribution in [0.2, 0.25) is 0 Å². The van der Waals surface area contributed by atoms with Gasteiger partial charge in [0.2, 0.25) is 0 Å². The number of anilines is 1. The lowest BCUT2D eigenvalue weighted by atomic mass is 9.78. The molecule has 6 heteroatoms. The van der Waals surface area contributed by atoms with Crippen LogP contribution < -0.4 is 10.8 Å². The molecule has 1 heterocycles. The SMILES string of the molecule is CC(C)(C)OC(=O)Nc1ccc2c(c1)B(O)OC2(C)C. The van der Waals surface area contributed by atoms with E-state index < -0.39 is 24.4 Å². The molecule has 0 bridgehead atoms. The van der Waals surface area contributed by atoms with Gasteiger partial charge in [0.25, 0.3) is 0 Å². The molecule has 0 aromatic heterocycles. The Morgan fingerprint density at radius 2 is 2.05 bits per heavy atom. The molecule has 0 fully saturated rings. The average molecular weight is 277 g/mol. The van der Waals surface area contributed by atoms with Gasteiger partial charge in [-0.05, 0) is 57.8 Å². The predicted molar refractivity (Wildman–Crippen MR) is 78.0 cm³/mol. The molecule has 0 radical (unpaired) electrons. The van der Waals surface area contributed by atoms with Gasteiger partial charge in [0.15, 0.2) is 0 Å². The van der Waals surface area contributed by atoms with Crippen molar-refractivity contribution < 1.29 is 19.2 Å². The summed E-state index contributed by atoms with van der Waals surface area (Å²) in [6.45, 7) is 9.19. The van der Waals surface area contributed by atoms with Crippen LogP contribution in [0.4, 0.5) is 10.5 Å². The molecule has 0 saturated carbocycles. The van der Waals surface area contributed by atoms with E-state index in [0.717, 1.165) is 5.56 Å². The number of benzene rings is 1. The number of fused-ring (bicyclic) bond motifs is 1. The maximum absolute atomic E-state index is 11.7. The summed E-state index contributed by atoms with van der Waals surface area (Å²) in [5, 5.41) is 12.5. The van der Waals surface area contributed by atoms with Crippen LogP contribution >= 0.6 is 0 Å². The van der Waals surface area contributed by atoms with Gasteiger partial charge < -0.3 is 14.4 Å². The van der Waals surface area contributed by atoms with Crippen LogP contribution in [0.5, 0.6) is 0 Å². The molecule has 0 unspecified atom stereocenters. The number of carbonyl (C=O) groups is 1. The van der Waals surface area contributed by atoms with Crippen molar-refractivity contribution in [2.45, 2.75) is 45.8 Å². The van der Waals surface area contributed by atoms with E-state index in [4.69, 9.17) is 9.39 Å². The molecule has 0 spiro atoms. The average Bonchev–Trinajstić information content (AvgIpc) is 2.46. The molecule has 0 atom stereocenters. The van der Waals surface area contributed by atoms with E-state index in [1.807, 2.05) is 19.9 Å². The molecule has 1 aliphatic heterocycles. The van der Waals surface area contributed by atoms with Crippen molar-refractivity contribution >= 4 is 24.4 Å². The van der Waals surface area contributed by atoms with Crippen molar-refractivity contribution in [3.63, 3.8) is 0 Å². The van der Waals surface area contributed by atoms with Gasteiger partial charge in [-0.3, -0.25) is 5.32 Å². The van der Waals surface area contributed by atoms with Gasteiger partial charge in [0, 0.05) is 5.69 Å². The Kier molecular flexibility index (Phi) is 3.56. The van der Waals surface area contributed by atoms with Crippen LogP contribution in [-0.4, -0.2) is 23.8 Å². The zero-order chi connectivity index (χ0) is 15.1. The minimum absolute atomic E-state index is 0.523. The number of amides is 1. The minimum Gasteiger partial charge on any atom is -0.444 e. The second kappa shape index (κ2) is 4.79. The number of ether oxygens (including phenoxy) is 1. The van der Waals surface area contributed by atoms with Gasteiger partial charge in [-0.15, -0.1) is 0 Å². The molecular formula is C14H20BNO4. The molecule has 5 nitrogen and oxygen atoms in total. The third kappa shape index (κ3) is 3.14. The summed E-state index contributed by atoms with van der Waals surface area (Å²) in [5.41, 5.74) is 1.08. The first-order valence-electron chi connectivity index (χ1n) is 6.59. The van der Waals surface area contributed by atoms with Crippen LogP contribution in [-0.2, 0) is 15.0 Å². The van der Waals surface area contributed by atoms with E-state index in [9.17, 15) is 9.82 Å². The highest BCUT2D eigenvalue weighted by Gasteiger charge is 2.40. The molecular weight excluding hydrogens is 257 g/mol. The Balaban J connectivity index is 2.17. The highest BCUT2D eigenvalue weighted by Crippen LogP contribution is 2.30. The Hall–Kier alpha value is -1.53. The zero-order valence-corrected chi connectivity index (χ0v) is 12.5. The smallest absolute Gasteiger partial charge is 0.444 e. The maximum atomic E-state index is 11.7. The Morgan fingerprint density at radius 1 is 1.40 bits per heavy atom. The van der Waals surface area contributed by atoms with E-state index in [0.29, 0.717) is 11.2 Å². The number of hydrogen-bond acceptors (Lipinski definition) is 4. The molecule has 1 aromatic carbocycles. The lowest BCUT2D eigenvalue weighted by Crippen LogP contribution is -2.30. The van der Waals surface area contributed by atoms with Gasteiger partial charge in [-0.2, -0.15) is 0 Å². The first-order valence-corrected chi connectivity index (χ1v) is 6.59. The van der Waals surface area contributed by atoms with Gasteiger partial charge in [0.1, 0.15) is 5.60 Å². The highest BCUT2D eigenvalue weighted by molar-refractivity contribution is 6.62. The van der Waals surface area contributed by atoms with Crippen molar-refractivity contribution in [2.24, 2.45) is 0 Å². The Labute approximate surface area is 119 Å². The summed E-state index contributed by atoms with van der Waals surface area (Å²) < 4.78 is 10.7. The Morgan fingerprint density at radius 3 is 2.65 bits per heavy atom. The summed E-state index contributed by atoms with van der Waals surface area (Å²) in [6.07, 6.45) is -0.523. The summed E-state index contributed by atoms with van der Waals surface area (Å²) in [6, 6.07) is 5.32. The standard InChI is InChI=1S/C14H20BNO4/c1-13(2,3)19-12(17)16-9-6-7-10-11(8-9)15(18)20-14(10,4)5/h6-8,18H,1-5H3,(H,16,17). The first kappa shape index (κ1) is 14.9. The first-order chi connectivity index (χ1) is 9.08. The quantitative estimate of drug-likeness (QED) is 0.770. The molecule has 0 aliphatic carbocycles. The van der Waals surface area contributed by atoms with Crippen molar-refractivity contribution in [1.29, 1.82) is 0 Å². The minimum atomic E-state index is -0.972. The molecule has 1 aromatic rings. The van der Waals surface area contributed by atoms with Crippen LogP contribution in [0.25, 0.3) is 0 Å². The Bertz CT molecular complexity index is 536. The summed E-state index contributed by atoms with van der Waals surface area (Å²) >= 11 is 0. The van der Waals surface area contributed by atoms with Crippen molar-refractivity contribution in [2.75, 3.05) is 5.32 Å². The molecule has 20 heavy (non-hydrogen) atoms. The fourth-order valence-electron chi connectivity index (χ4n) is 2.22. The maximum Gasteiger partial charge on any atom is 0.492 e. The van der Waals surface area contributed by atoms with Gasteiger partial charge in [-0.1, -0.05) is 6.07 Å². The van der Waals surface area contributed by atoms with E-state index in [1.54, 1.807) is 32.9 Å². The molecule has 1 aliphatic rings. The van der Waals surface area contributed by atoms with Crippen molar-refractivity contribution in [3.05, 3.63) is 23.8 Å². The normalized spacial score (nSPS) is 16.8. The van der Waals surface area contributed by atoms with Crippen molar-refractivity contribution in [1.82, 2.24) is 0 Å². The van der Waals surface area contributed by atoms with Crippen LogP contribution in [0.1, 0.15) is 40.2 Å². The fraction of sp³-hybridized carbons (Fsp3) is 0.500. The van der Waals surface area contributed by atoms with Crippen LogP contribution in [0.3, 0.4) is 0 Å². The second-order valence-electron chi connectivity index (χ2n) is 6.41. The second-order valence-corrected chi connectivity index (χ2v) is 6.41. The largest absolute Gasteiger partial charge is 0.492 e. The van der Waals surface area contributed by atoms with Gasteiger partial charge in [0.05, 0.1) is 5.60 Å². The lowest BCUT2D eigenvalue weighted by molar-refractivity contribution is 0.0636. The zero-order valence-electron chi connectivity index (χ0n) is 12.5.